The largest absolute Gasteiger partial charge is 0.493 e. The molecule has 0 aliphatic rings. The Labute approximate surface area is 166 Å². The van der Waals surface area contributed by atoms with Crippen molar-refractivity contribution in [1.29, 1.82) is 0 Å². The molecule has 0 fully saturated rings. The summed E-state index contributed by atoms with van der Waals surface area (Å²) >= 11 is 3.32. The Morgan fingerprint density at radius 3 is 2.33 bits per heavy atom. The van der Waals surface area contributed by atoms with Crippen LogP contribution < -0.4 is 9.47 Å². The smallest absolute Gasteiger partial charge is 0.343 e. The number of esters is 1. The first kappa shape index (κ1) is 20.6. The van der Waals surface area contributed by atoms with Gasteiger partial charge in [0.05, 0.1) is 22.1 Å². The lowest BCUT2D eigenvalue weighted by Gasteiger charge is -2.19. The summed E-state index contributed by atoms with van der Waals surface area (Å²) in [5.41, 5.74) is 2.04. The van der Waals surface area contributed by atoms with E-state index in [1.54, 1.807) is 24.3 Å². The van der Waals surface area contributed by atoms with Crippen molar-refractivity contribution in [1.82, 2.24) is 0 Å². The molecule has 0 saturated carbocycles. The highest BCUT2D eigenvalue weighted by atomic mass is 79.9. The van der Waals surface area contributed by atoms with E-state index >= 15 is 0 Å². The van der Waals surface area contributed by atoms with Crippen LogP contribution >= 0.6 is 15.9 Å². The van der Waals surface area contributed by atoms with E-state index in [-0.39, 0.29) is 16.9 Å². The maximum Gasteiger partial charge on any atom is 0.343 e. The number of ether oxygens (including phenoxy) is 2. The van der Waals surface area contributed by atoms with Crippen LogP contribution in [0.4, 0.5) is 0 Å². The van der Waals surface area contributed by atoms with Crippen LogP contribution in [0.15, 0.2) is 47.1 Å². The maximum absolute atomic E-state index is 12.5. The van der Waals surface area contributed by atoms with Gasteiger partial charge in [0, 0.05) is 6.08 Å². The molecule has 0 aliphatic carbocycles. The van der Waals surface area contributed by atoms with Crippen molar-refractivity contribution in [2.75, 3.05) is 7.11 Å². The topological polar surface area (TPSA) is 78.7 Å². The number of hydrogen-bond acceptors (Lipinski definition) is 5. The Morgan fingerprint density at radius 2 is 1.81 bits per heavy atom. The molecule has 0 unspecified atom stereocenters. The average Bonchev–Trinajstić information content (AvgIpc) is 2.61. The monoisotopic (exact) mass is 433 g/mol. The molecule has 2 rings (SSSR count). The van der Waals surface area contributed by atoms with E-state index < -0.39 is 10.9 Å². The van der Waals surface area contributed by atoms with E-state index in [0.717, 1.165) is 11.8 Å². The Bertz CT molecular complexity index is 882. The number of nitrogens with zero attached hydrogens (tertiary/aromatic N) is 1. The third-order valence-electron chi connectivity index (χ3n) is 3.82. The highest BCUT2D eigenvalue weighted by Gasteiger charge is 2.18. The van der Waals surface area contributed by atoms with Gasteiger partial charge in [-0.1, -0.05) is 32.9 Å². The number of hydrogen-bond donors (Lipinski definition) is 0. The predicted molar refractivity (Wildman–Crippen MR) is 107 cm³/mol. The Kier molecular flexibility index (Phi) is 6.38. The second-order valence-corrected chi connectivity index (χ2v) is 7.71. The summed E-state index contributed by atoms with van der Waals surface area (Å²) in [6.07, 6.45) is 2.15. The third-order valence-corrected chi connectivity index (χ3v) is 4.41. The van der Waals surface area contributed by atoms with Gasteiger partial charge in [-0.3, -0.25) is 10.1 Å². The molecule has 0 bridgehead atoms. The molecular weight excluding hydrogens is 414 g/mol. The first-order valence-corrected chi connectivity index (χ1v) is 8.93. The number of benzene rings is 2. The predicted octanol–water partition coefficient (Wildman–Crippen LogP) is 5.22. The minimum absolute atomic E-state index is 0.0121. The second-order valence-electron chi connectivity index (χ2n) is 6.85. The van der Waals surface area contributed by atoms with Gasteiger partial charge < -0.3 is 9.47 Å². The summed E-state index contributed by atoms with van der Waals surface area (Å²) in [6.45, 7) is 6.28. The number of nitro groups is 1. The highest BCUT2D eigenvalue weighted by molar-refractivity contribution is 9.10. The lowest BCUT2D eigenvalue weighted by atomic mass is 9.87. The fourth-order valence-corrected chi connectivity index (χ4v) is 2.88. The second kappa shape index (κ2) is 8.35. The zero-order valence-electron chi connectivity index (χ0n) is 15.5. The number of carbonyl (C=O) groups is 1. The molecule has 0 radical (unpaired) electrons. The van der Waals surface area contributed by atoms with Crippen LogP contribution in [0.3, 0.4) is 0 Å². The molecule has 2 aromatic carbocycles. The van der Waals surface area contributed by atoms with Gasteiger partial charge in [-0.2, -0.15) is 0 Å². The van der Waals surface area contributed by atoms with Crippen molar-refractivity contribution in [3.63, 3.8) is 0 Å². The quantitative estimate of drug-likeness (QED) is 0.279. The highest BCUT2D eigenvalue weighted by Crippen LogP contribution is 2.37. The van der Waals surface area contributed by atoms with Crippen molar-refractivity contribution < 1.29 is 19.2 Å². The molecule has 0 spiro atoms. The SMILES string of the molecule is COc1cc(C=C[N+](=O)[O-])cc(Br)c1OC(=O)c1ccc(C(C)(C)C)cc1. The standard InChI is InChI=1S/C20H20BrNO5/c1-20(2,3)15-7-5-14(6-8-15)19(23)27-18-16(21)11-13(9-10-22(24)25)12-17(18)26-4/h5-12H,1-4H3. The van der Waals surface area contributed by atoms with Crippen molar-refractivity contribution in [2.45, 2.75) is 26.2 Å². The fraction of sp³-hybridized carbons (Fsp3) is 0.250. The molecule has 0 aliphatic heterocycles. The number of rotatable bonds is 5. The Hall–Kier alpha value is -2.67. The van der Waals surface area contributed by atoms with Gasteiger partial charge in [0.2, 0.25) is 6.20 Å². The summed E-state index contributed by atoms with van der Waals surface area (Å²) in [5.74, 6) is -0.0317. The lowest BCUT2D eigenvalue weighted by Crippen LogP contribution is -2.13. The van der Waals surface area contributed by atoms with Crippen molar-refractivity contribution in [3.05, 3.63) is 73.9 Å². The van der Waals surface area contributed by atoms with Gasteiger partial charge in [0.15, 0.2) is 11.5 Å². The Balaban J connectivity index is 2.28. The summed E-state index contributed by atoms with van der Waals surface area (Å²) in [6, 6.07) is 10.4. The van der Waals surface area contributed by atoms with Gasteiger partial charge >= 0.3 is 5.97 Å². The summed E-state index contributed by atoms with van der Waals surface area (Å²) < 4.78 is 11.2. The van der Waals surface area contributed by atoms with Crippen LogP contribution in [0.2, 0.25) is 0 Å². The summed E-state index contributed by atoms with van der Waals surface area (Å²) in [4.78, 5) is 22.4. The minimum atomic E-state index is -0.560. The molecule has 6 nitrogen and oxygen atoms in total. The molecule has 0 heterocycles. The van der Waals surface area contributed by atoms with Crippen LogP contribution in [-0.2, 0) is 5.41 Å². The van der Waals surface area contributed by atoms with E-state index in [0.29, 0.717) is 15.6 Å². The molecule has 2 aromatic rings. The fourth-order valence-electron chi connectivity index (χ4n) is 2.34. The van der Waals surface area contributed by atoms with Crippen LogP contribution in [0.5, 0.6) is 11.5 Å². The maximum atomic E-state index is 12.5. The molecule has 0 amide bonds. The molecule has 0 N–H and O–H groups in total. The van der Waals surface area contributed by atoms with E-state index in [1.165, 1.54) is 13.2 Å². The molecule has 7 heteroatoms. The van der Waals surface area contributed by atoms with Gasteiger partial charge in [0.1, 0.15) is 0 Å². The van der Waals surface area contributed by atoms with Gasteiger partial charge in [0.25, 0.3) is 0 Å². The number of methoxy groups -OCH3 is 1. The lowest BCUT2D eigenvalue weighted by molar-refractivity contribution is -0.400. The zero-order chi connectivity index (χ0) is 20.2. The van der Waals surface area contributed by atoms with Crippen molar-refractivity contribution >= 4 is 28.0 Å². The third kappa shape index (κ3) is 5.40. The normalized spacial score (nSPS) is 11.4. The van der Waals surface area contributed by atoms with Gasteiger partial charge in [-0.05, 0) is 56.7 Å². The molecule has 0 atom stereocenters. The van der Waals surface area contributed by atoms with Gasteiger partial charge in [-0.15, -0.1) is 0 Å². The molecule has 0 aromatic heterocycles. The van der Waals surface area contributed by atoms with E-state index in [1.807, 2.05) is 12.1 Å². The minimum Gasteiger partial charge on any atom is -0.493 e. The number of carbonyl (C=O) groups excluding carboxylic acids is 1. The van der Waals surface area contributed by atoms with E-state index in [2.05, 4.69) is 36.7 Å². The molecule has 142 valence electrons. The zero-order valence-corrected chi connectivity index (χ0v) is 17.1. The average molecular weight is 434 g/mol. The van der Waals surface area contributed by atoms with Crippen molar-refractivity contribution in [2.24, 2.45) is 0 Å². The number of halogens is 1. The van der Waals surface area contributed by atoms with Crippen LogP contribution in [0.1, 0.15) is 42.3 Å². The van der Waals surface area contributed by atoms with Gasteiger partial charge in [-0.25, -0.2) is 4.79 Å². The van der Waals surface area contributed by atoms with Crippen molar-refractivity contribution in [3.8, 4) is 11.5 Å². The first-order valence-electron chi connectivity index (χ1n) is 8.14. The first-order chi connectivity index (χ1) is 12.6. The Morgan fingerprint density at radius 1 is 1.19 bits per heavy atom. The van der Waals surface area contributed by atoms with E-state index in [9.17, 15) is 14.9 Å². The summed E-state index contributed by atoms with van der Waals surface area (Å²) in [5, 5.41) is 10.5. The summed E-state index contributed by atoms with van der Waals surface area (Å²) in [7, 11) is 1.43. The van der Waals surface area contributed by atoms with Crippen LogP contribution in [0, 0.1) is 10.1 Å². The molecule has 0 saturated heterocycles. The van der Waals surface area contributed by atoms with Crippen LogP contribution in [0.25, 0.3) is 6.08 Å². The molecular formula is C20H20BrNO5. The molecule has 27 heavy (non-hydrogen) atoms. The van der Waals surface area contributed by atoms with E-state index in [4.69, 9.17) is 9.47 Å². The van der Waals surface area contributed by atoms with Crippen LogP contribution in [-0.4, -0.2) is 18.0 Å².